The smallest absolute Gasteiger partial charge is 0.224 e. The Morgan fingerprint density at radius 2 is 1.75 bits per heavy atom. The lowest BCUT2D eigenvalue weighted by molar-refractivity contribution is -0.120. The summed E-state index contributed by atoms with van der Waals surface area (Å²) in [5.74, 6) is 0.0344. The van der Waals surface area contributed by atoms with Crippen LogP contribution < -0.4 is 11.1 Å². The zero-order valence-corrected chi connectivity index (χ0v) is 12.4. The number of carbonyl (C=O) groups excluding carboxylic acids is 1. The Kier molecular flexibility index (Phi) is 3.74. The summed E-state index contributed by atoms with van der Waals surface area (Å²) in [5, 5.41) is 2.81. The highest BCUT2D eigenvalue weighted by Gasteiger charge is 2.24. The van der Waals surface area contributed by atoms with Crippen LogP contribution in [-0.4, -0.2) is 17.4 Å². The normalized spacial score (nSPS) is 15.8. The maximum Gasteiger partial charge on any atom is 0.224 e. The first kappa shape index (κ1) is 13.6. The molecule has 106 valence electrons. The van der Waals surface area contributed by atoms with Crippen LogP contribution >= 0.6 is 12.2 Å². The van der Waals surface area contributed by atoms with Crippen molar-refractivity contribution in [2.45, 2.75) is 44.9 Å². The van der Waals surface area contributed by atoms with Crippen molar-refractivity contribution in [2.75, 3.05) is 6.54 Å². The van der Waals surface area contributed by atoms with Crippen molar-refractivity contribution in [3.8, 4) is 0 Å². The average Bonchev–Trinajstić information content (AvgIpc) is 3.04. The first-order valence-electron chi connectivity index (χ1n) is 7.35. The number of aryl methyl sites for hydroxylation is 2. The van der Waals surface area contributed by atoms with Crippen molar-refractivity contribution >= 4 is 23.1 Å². The summed E-state index contributed by atoms with van der Waals surface area (Å²) < 4.78 is 0. The number of fused-ring (bicyclic) bond motifs is 2. The fourth-order valence-electron chi connectivity index (χ4n) is 3.56. The molecule has 0 heterocycles. The molecule has 20 heavy (non-hydrogen) atoms. The van der Waals surface area contributed by atoms with Crippen molar-refractivity contribution in [1.29, 1.82) is 0 Å². The van der Waals surface area contributed by atoms with E-state index in [2.05, 4.69) is 11.4 Å². The molecule has 3 N–H and O–H groups in total. The van der Waals surface area contributed by atoms with Gasteiger partial charge in [0.05, 0.1) is 18.0 Å². The molecule has 1 aromatic rings. The second kappa shape index (κ2) is 5.52. The summed E-state index contributed by atoms with van der Waals surface area (Å²) in [5.41, 5.74) is 12.6. The molecular weight excluding hydrogens is 268 g/mol. The summed E-state index contributed by atoms with van der Waals surface area (Å²) in [6, 6.07) is 2.39. The predicted molar refractivity (Wildman–Crippen MR) is 84.0 cm³/mol. The van der Waals surface area contributed by atoms with E-state index < -0.39 is 0 Å². The first-order chi connectivity index (χ1) is 9.65. The number of benzene rings is 1. The Morgan fingerprint density at radius 3 is 2.30 bits per heavy atom. The number of nitrogens with two attached hydrogens (primary N) is 1. The van der Waals surface area contributed by atoms with E-state index in [1.165, 1.54) is 53.5 Å². The van der Waals surface area contributed by atoms with Crippen molar-refractivity contribution < 1.29 is 4.79 Å². The van der Waals surface area contributed by atoms with Crippen LogP contribution in [0.3, 0.4) is 0 Å². The second-order valence-electron chi connectivity index (χ2n) is 5.76. The van der Waals surface area contributed by atoms with Crippen LogP contribution in [0, 0.1) is 0 Å². The monoisotopic (exact) mass is 288 g/mol. The van der Waals surface area contributed by atoms with Crippen LogP contribution in [0.2, 0.25) is 0 Å². The topological polar surface area (TPSA) is 55.1 Å². The Morgan fingerprint density at radius 1 is 1.15 bits per heavy atom. The second-order valence-corrected chi connectivity index (χ2v) is 6.28. The van der Waals surface area contributed by atoms with E-state index in [9.17, 15) is 4.79 Å². The van der Waals surface area contributed by atoms with E-state index in [1.807, 2.05) is 0 Å². The van der Waals surface area contributed by atoms with Gasteiger partial charge in [0.25, 0.3) is 0 Å². The summed E-state index contributed by atoms with van der Waals surface area (Å²) in [7, 11) is 0. The number of thiocarbonyl (C=S) groups is 1. The summed E-state index contributed by atoms with van der Waals surface area (Å²) in [6.07, 6.45) is 7.52. The van der Waals surface area contributed by atoms with Gasteiger partial charge in [-0.05, 0) is 66.3 Å². The average molecular weight is 288 g/mol. The molecule has 0 bridgehead atoms. The zero-order valence-electron chi connectivity index (χ0n) is 11.6. The SMILES string of the molecule is NC(=S)CNC(=O)Cc1c2c(cc3c1CCC3)CCC2. The summed E-state index contributed by atoms with van der Waals surface area (Å²) in [6.45, 7) is 0.297. The molecule has 1 aromatic carbocycles. The number of rotatable bonds is 4. The highest BCUT2D eigenvalue weighted by Crippen LogP contribution is 2.35. The maximum absolute atomic E-state index is 12.1. The van der Waals surface area contributed by atoms with Gasteiger partial charge < -0.3 is 11.1 Å². The van der Waals surface area contributed by atoms with Gasteiger partial charge in [0.2, 0.25) is 5.91 Å². The molecule has 0 atom stereocenters. The van der Waals surface area contributed by atoms with E-state index in [0.29, 0.717) is 18.0 Å². The van der Waals surface area contributed by atoms with E-state index in [0.717, 1.165) is 12.8 Å². The van der Waals surface area contributed by atoms with Gasteiger partial charge in [-0.1, -0.05) is 18.3 Å². The fourth-order valence-corrected chi connectivity index (χ4v) is 3.63. The third-order valence-corrected chi connectivity index (χ3v) is 4.54. The highest BCUT2D eigenvalue weighted by molar-refractivity contribution is 7.80. The molecule has 0 saturated carbocycles. The minimum atomic E-state index is 0.0344. The fraction of sp³-hybridized carbons (Fsp3) is 0.500. The molecular formula is C16H20N2OS. The Balaban J connectivity index is 1.85. The molecule has 2 aliphatic carbocycles. The molecule has 0 unspecified atom stereocenters. The number of carbonyl (C=O) groups is 1. The molecule has 0 radical (unpaired) electrons. The third-order valence-electron chi connectivity index (χ3n) is 4.40. The number of hydrogen-bond acceptors (Lipinski definition) is 2. The minimum absolute atomic E-state index is 0.0344. The van der Waals surface area contributed by atoms with Gasteiger partial charge in [-0.2, -0.15) is 0 Å². The van der Waals surface area contributed by atoms with Crippen LogP contribution in [0.5, 0.6) is 0 Å². The van der Waals surface area contributed by atoms with E-state index in [1.54, 1.807) is 0 Å². The molecule has 0 aliphatic heterocycles. The predicted octanol–water partition coefficient (Wildman–Crippen LogP) is 1.61. The van der Waals surface area contributed by atoms with Gasteiger partial charge in [-0.3, -0.25) is 4.79 Å². The van der Waals surface area contributed by atoms with Crippen LogP contribution in [0.25, 0.3) is 0 Å². The van der Waals surface area contributed by atoms with Crippen LogP contribution in [0.15, 0.2) is 6.07 Å². The van der Waals surface area contributed by atoms with Crippen molar-refractivity contribution in [1.82, 2.24) is 5.32 Å². The molecule has 1 amide bonds. The largest absolute Gasteiger partial charge is 0.392 e. The van der Waals surface area contributed by atoms with Gasteiger partial charge in [0.1, 0.15) is 0 Å². The van der Waals surface area contributed by atoms with Gasteiger partial charge in [0, 0.05) is 0 Å². The molecule has 0 spiro atoms. The van der Waals surface area contributed by atoms with E-state index in [-0.39, 0.29) is 5.91 Å². The molecule has 3 rings (SSSR count). The Bertz CT molecular complexity index is 548. The number of nitrogens with one attached hydrogen (secondary N) is 1. The summed E-state index contributed by atoms with van der Waals surface area (Å²) >= 11 is 4.80. The standard InChI is InChI=1S/C16H20N2OS/c17-15(20)9-18-16(19)8-14-12-5-1-3-10(12)7-11-4-2-6-13(11)14/h7H,1-6,8-9H2,(H2,17,20)(H,18,19). The summed E-state index contributed by atoms with van der Waals surface area (Å²) in [4.78, 5) is 12.4. The third kappa shape index (κ3) is 2.57. The molecule has 0 aromatic heterocycles. The van der Waals surface area contributed by atoms with Gasteiger partial charge in [-0.15, -0.1) is 0 Å². The lowest BCUT2D eigenvalue weighted by Gasteiger charge is -2.15. The molecule has 3 nitrogen and oxygen atoms in total. The molecule has 2 aliphatic rings. The van der Waals surface area contributed by atoms with E-state index in [4.69, 9.17) is 18.0 Å². The quantitative estimate of drug-likeness (QED) is 0.828. The maximum atomic E-state index is 12.1. The van der Waals surface area contributed by atoms with Crippen LogP contribution in [0.4, 0.5) is 0 Å². The lowest BCUT2D eigenvalue weighted by Crippen LogP contribution is -2.33. The van der Waals surface area contributed by atoms with Gasteiger partial charge >= 0.3 is 0 Å². The lowest BCUT2D eigenvalue weighted by atomic mass is 9.92. The number of hydrogen-bond donors (Lipinski definition) is 2. The number of amides is 1. The van der Waals surface area contributed by atoms with Gasteiger partial charge in [0.15, 0.2) is 0 Å². The molecule has 4 heteroatoms. The first-order valence-corrected chi connectivity index (χ1v) is 7.76. The van der Waals surface area contributed by atoms with Crippen molar-refractivity contribution in [3.05, 3.63) is 33.9 Å². The Hall–Kier alpha value is -1.42. The Labute approximate surface area is 124 Å². The van der Waals surface area contributed by atoms with Crippen molar-refractivity contribution in [3.63, 3.8) is 0 Å². The van der Waals surface area contributed by atoms with E-state index >= 15 is 0 Å². The van der Waals surface area contributed by atoms with Crippen LogP contribution in [-0.2, 0) is 36.9 Å². The molecule has 0 fully saturated rings. The molecule has 0 saturated heterocycles. The van der Waals surface area contributed by atoms with Gasteiger partial charge in [-0.25, -0.2) is 0 Å². The minimum Gasteiger partial charge on any atom is -0.392 e. The highest BCUT2D eigenvalue weighted by atomic mass is 32.1. The van der Waals surface area contributed by atoms with Crippen molar-refractivity contribution in [2.24, 2.45) is 5.73 Å². The van der Waals surface area contributed by atoms with Crippen LogP contribution in [0.1, 0.15) is 40.7 Å². The zero-order chi connectivity index (χ0) is 14.1.